The lowest BCUT2D eigenvalue weighted by atomic mass is 10.2. The van der Waals surface area contributed by atoms with Crippen molar-refractivity contribution < 1.29 is 4.42 Å². The van der Waals surface area contributed by atoms with Gasteiger partial charge in [0, 0.05) is 9.64 Å². The summed E-state index contributed by atoms with van der Waals surface area (Å²) in [6, 6.07) is 11.3. The standard InChI is InChI=1S/C13H10IN3O2/c14-7-3-1-2-4-9(7)16-10-6-11-12(5-8(10)15)19-13(18)17-11/h1-6,16H,15H2,(H,17,18). The highest BCUT2D eigenvalue weighted by Gasteiger charge is 2.08. The van der Waals surface area contributed by atoms with Crippen molar-refractivity contribution in [2.45, 2.75) is 0 Å². The molecule has 0 saturated heterocycles. The number of nitrogens with one attached hydrogen (secondary N) is 2. The quantitative estimate of drug-likeness (QED) is 0.480. The summed E-state index contributed by atoms with van der Waals surface area (Å²) >= 11 is 2.24. The highest BCUT2D eigenvalue weighted by molar-refractivity contribution is 14.1. The monoisotopic (exact) mass is 367 g/mol. The minimum atomic E-state index is -0.485. The number of halogens is 1. The Kier molecular flexibility index (Phi) is 2.94. The molecule has 0 atom stereocenters. The van der Waals surface area contributed by atoms with Gasteiger partial charge < -0.3 is 15.5 Å². The van der Waals surface area contributed by atoms with Crippen LogP contribution in [0.15, 0.2) is 45.6 Å². The van der Waals surface area contributed by atoms with Gasteiger partial charge in [-0.15, -0.1) is 0 Å². The Hall–Kier alpha value is -1.96. The van der Waals surface area contributed by atoms with E-state index in [1.807, 2.05) is 24.3 Å². The molecule has 3 aromatic rings. The molecular formula is C13H10IN3O2. The third-order valence-electron chi connectivity index (χ3n) is 2.73. The van der Waals surface area contributed by atoms with Crippen molar-refractivity contribution in [1.29, 1.82) is 0 Å². The number of rotatable bonds is 2. The van der Waals surface area contributed by atoms with Gasteiger partial charge in [0.1, 0.15) is 0 Å². The first-order valence-electron chi connectivity index (χ1n) is 5.57. The van der Waals surface area contributed by atoms with Crippen LogP contribution in [0.2, 0.25) is 0 Å². The van der Waals surface area contributed by atoms with E-state index in [2.05, 4.69) is 32.9 Å². The number of benzene rings is 2. The van der Waals surface area contributed by atoms with Crippen LogP contribution in [0.25, 0.3) is 11.1 Å². The highest BCUT2D eigenvalue weighted by Crippen LogP contribution is 2.29. The van der Waals surface area contributed by atoms with Gasteiger partial charge in [-0.1, -0.05) is 12.1 Å². The molecule has 0 aliphatic carbocycles. The van der Waals surface area contributed by atoms with Crippen LogP contribution in [0.3, 0.4) is 0 Å². The molecule has 0 aliphatic heterocycles. The summed E-state index contributed by atoms with van der Waals surface area (Å²) < 4.78 is 6.04. The van der Waals surface area contributed by atoms with E-state index in [1.165, 1.54) is 0 Å². The molecule has 1 aromatic heterocycles. The predicted octanol–water partition coefficient (Wildman–Crippen LogP) is 3.05. The largest absolute Gasteiger partial charge is 0.417 e. The van der Waals surface area contributed by atoms with Gasteiger partial charge in [-0.2, -0.15) is 0 Å². The molecule has 96 valence electrons. The average Bonchev–Trinajstić information content (AvgIpc) is 2.71. The van der Waals surface area contributed by atoms with Gasteiger partial charge in [0.05, 0.1) is 22.6 Å². The zero-order valence-electron chi connectivity index (χ0n) is 9.74. The van der Waals surface area contributed by atoms with Crippen molar-refractivity contribution in [2.24, 2.45) is 0 Å². The maximum absolute atomic E-state index is 11.1. The van der Waals surface area contributed by atoms with E-state index in [9.17, 15) is 4.79 Å². The number of aromatic amines is 1. The van der Waals surface area contributed by atoms with E-state index in [1.54, 1.807) is 12.1 Å². The van der Waals surface area contributed by atoms with E-state index in [0.29, 0.717) is 16.8 Å². The van der Waals surface area contributed by atoms with Crippen LogP contribution in [0.4, 0.5) is 17.1 Å². The Balaban J connectivity index is 2.07. The van der Waals surface area contributed by atoms with Crippen LogP contribution in [-0.4, -0.2) is 4.98 Å². The molecule has 0 saturated carbocycles. The topological polar surface area (TPSA) is 84.0 Å². The minimum absolute atomic E-state index is 0.454. The van der Waals surface area contributed by atoms with Crippen molar-refractivity contribution in [1.82, 2.24) is 4.98 Å². The molecule has 3 rings (SSSR count). The molecular weight excluding hydrogens is 357 g/mol. The van der Waals surface area contributed by atoms with Crippen LogP contribution in [0.5, 0.6) is 0 Å². The first-order chi connectivity index (χ1) is 9.13. The van der Waals surface area contributed by atoms with Crippen molar-refractivity contribution in [3.63, 3.8) is 0 Å². The molecule has 0 spiro atoms. The molecule has 0 fully saturated rings. The van der Waals surface area contributed by atoms with Gasteiger partial charge >= 0.3 is 5.76 Å². The Morgan fingerprint density at radius 1 is 1.21 bits per heavy atom. The summed E-state index contributed by atoms with van der Waals surface area (Å²) in [5.41, 5.74) is 9.24. The maximum atomic E-state index is 11.1. The summed E-state index contributed by atoms with van der Waals surface area (Å²) in [4.78, 5) is 13.7. The van der Waals surface area contributed by atoms with Crippen LogP contribution in [-0.2, 0) is 0 Å². The molecule has 19 heavy (non-hydrogen) atoms. The predicted molar refractivity (Wildman–Crippen MR) is 83.7 cm³/mol. The lowest BCUT2D eigenvalue weighted by molar-refractivity contribution is 0.555. The summed E-state index contributed by atoms with van der Waals surface area (Å²) in [5.74, 6) is -0.485. The van der Waals surface area contributed by atoms with Crippen molar-refractivity contribution in [3.05, 3.63) is 50.5 Å². The van der Waals surface area contributed by atoms with Crippen molar-refractivity contribution in [3.8, 4) is 0 Å². The lowest BCUT2D eigenvalue weighted by Crippen LogP contribution is -1.97. The molecule has 0 unspecified atom stereocenters. The van der Waals surface area contributed by atoms with Gasteiger partial charge in [-0.3, -0.25) is 4.98 Å². The van der Waals surface area contributed by atoms with E-state index in [4.69, 9.17) is 10.2 Å². The number of nitrogens with two attached hydrogens (primary N) is 1. The van der Waals surface area contributed by atoms with Crippen LogP contribution >= 0.6 is 22.6 Å². The zero-order chi connectivity index (χ0) is 13.4. The molecule has 2 aromatic carbocycles. The highest BCUT2D eigenvalue weighted by atomic mass is 127. The summed E-state index contributed by atoms with van der Waals surface area (Å²) in [6.45, 7) is 0. The smallest absolute Gasteiger partial charge is 0.408 e. The average molecular weight is 367 g/mol. The van der Waals surface area contributed by atoms with Gasteiger partial charge in [0.25, 0.3) is 0 Å². The summed E-state index contributed by atoms with van der Waals surface area (Å²) in [6.07, 6.45) is 0. The maximum Gasteiger partial charge on any atom is 0.417 e. The normalized spacial score (nSPS) is 10.8. The van der Waals surface area contributed by atoms with Crippen LogP contribution in [0.1, 0.15) is 0 Å². The van der Waals surface area contributed by atoms with Crippen LogP contribution < -0.4 is 16.8 Å². The Morgan fingerprint density at radius 3 is 2.79 bits per heavy atom. The van der Waals surface area contributed by atoms with Gasteiger partial charge in [0.15, 0.2) is 5.58 Å². The zero-order valence-corrected chi connectivity index (χ0v) is 11.9. The number of para-hydroxylation sites is 1. The van der Waals surface area contributed by atoms with Crippen molar-refractivity contribution in [2.75, 3.05) is 11.1 Å². The molecule has 0 bridgehead atoms. The van der Waals surface area contributed by atoms with Gasteiger partial charge in [-0.05, 0) is 40.8 Å². The van der Waals surface area contributed by atoms with Gasteiger partial charge in [-0.25, -0.2) is 4.79 Å². The van der Waals surface area contributed by atoms with E-state index < -0.39 is 5.76 Å². The molecule has 0 aliphatic rings. The fraction of sp³-hybridized carbons (Fsp3) is 0. The second kappa shape index (κ2) is 4.61. The number of H-pyrrole nitrogens is 1. The third kappa shape index (κ3) is 2.30. The number of hydrogen-bond acceptors (Lipinski definition) is 4. The Morgan fingerprint density at radius 2 is 2.00 bits per heavy atom. The molecule has 4 N–H and O–H groups in total. The number of hydrogen-bond donors (Lipinski definition) is 3. The summed E-state index contributed by atoms with van der Waals surface area (Å²) in [5, 5.41) is 3.25. The number of anilines is 3. The van der Waals surface area contributed by atoms with Crippen molar-refractivity contribution >= 4 is 50.8 Å². The Labute approximate surface area is 121 Å². The van der Waals surface area contributed by atoms with Gasteiger partial charge in [0.2, 0.25) is 0 Å². The first-order valence-corrected chi connectivity index (χ1v) is 6.65. The molecule has 1 heterocycles. The number of nitrogen functional groups attached to an aromatic ring is 1. The molecule has 5 nitrogen and oxygen atoms in total. The van der Waals surface area contributed by atoms with Crippen LogP contribution in [0, 0.1) is 3.57 Å². The number of oxazole rings is 1. The second-order valence-electron chi connectivity index (χ2n) is 4.05. The molecule has 0 amide bonds. The number of aromatic nitrogens is 1. The first kappa shape index (κ1) is 12.1. The molecule has 6 heteroatoms. The summed E-state index contributed by atoms with van der Waals surface area (Å²) in [7, 11) is 0. The fourth-order valence-electron chi connectivity index (χ4n) is 1.83. The second-order valence-corrected chi connectivity index (χ2v) is 5.22. The Bertz CT molecular complexity index is 807. The minimum Gasteiger partial charge on any atom is -0.408 e. The number of fused-ring (bicyclic) bond motifs is 1. The SMILES string of the molecule is Nc1cc2oc(=O)[nH]c2cc1Nc1ccccc1I. The third-order valence-corrected chi connectivity index (χ3v) is 3.67. The molecule has 0 radical (unpaired) electrons. The fourth-order valence-corrected chi connectivity index (χ4v) is 2.35. The van der Waals surface area contributed by atoms with E-state index in [-0.39, 0.29) is 0 Å². The van der Waals surface area contributed by atoms with E-state index in [0.717, 1.165) is 14.9 Å². The lowest BCUT2D eigenvalue weighted by Gasteiger charge is -2.10. The van der Waals surface area contributed by atoms with E-state index >= 15 is 0 Å².